The van der Waals surface area contributed by atoms with E-state index in [0.29, 0.717) is 30.0 Å². The molecule has 9 nitrogen and oxygen atoms in total. The van der Waals surface area contributed by atoms with E-state index < -0.39 is 4.92 Å². The van der Waals surface area contributed by atoms with Crippen molar-refractivity contribution in [2.45, 2.75) is 19.4 Å². The Balaban J connectivity index is 1.45. The number of nitro groups is 1. The zero-order valence-corrected chi connectivity index (χ0v) is 15.6. The number of aryl methyl sites for hydroxylation is 1. The number of amides is 1. The van der Waals surface area contributed by atoms with Crippen molar-refractivity contribution < 1.29 is 18.9 Å². The topological polar surface area (TPSA) is 112 Å². The van der Waals surface area contributed by atoms with Gasteiger partial charge in [0.1, 0.15) is 29.3 Å². The van der Waals surface area contributed by atoms with Gasteiger partial charge in [0, 0.05) is 29.8 Å². The van der Waals surface area contributed by atoms with Crippen LogP contribution in [0.2, 0.25) is 0 Å². The van der Waals surface area contributed by atoms with Crippen molar-refractivity contribution in [1.82, 2.24) is 9.78 Å². The Kier molecular flexibility index (Phi) is 4.86. The maximum Gasteiger partial charge on any atom is 0.306 e. The lowest BCUT2D eigenvalue weighted by Crippen LogP contribution is -2.13. The maximum atomic E-state index is 12.4. The third-order valence-corrected chi connectivity index (χ3v) is 4.59. The molecule has 4 aromatic rings. The number of nitrogens with one attached hydrogen (secondary N) is 1. The van der Waals surface area contributed by atoms with Gasteiger partial charge in [-0.2, -0.15) is 5.10 Å². The zero-order valence-electron chi connectivity index (χ0n) is 15.6. The molecule has 0 bridgehead atoms. The summed E-state index contributed by atoms with van der Waals surface area (Å²) in [7, 11) is 1.55. The molecule has 4 rings (SSSR count). The average Bonchev–Trinajstić information content (AvgIpc) is 3.31. The van der Waals surface area contributed by atoms with E-state index in [9.17, 15) is 14.9 Å². The molecule has 0 unspecified atom stereocenters. The van der Waals surface area contributed by atoms with Crippen molar-refractivity contribution in [2.75, 3.05) is 12.4 Å². The van der Waals surface area contributed by atoms with Crippen molar-refractivity contribution in [1.29, 1.82) is 0 Å². The highest BCUT2D eigenvalue weighted by molar-refractivity contribution is 6.07. The minimum atomic E-state index is -0.503. The molecule has 0 aliphatic heterocycles. The van der Waals surface area contributed by atoms with Crippen molar-refractivity contribution in [3.8, 4) is 5.75 Å². The highest BCUT2D eigenvalue weighted by atomic mass is 16.6. The second kappa shape index (κ2) is 7.63. The molecule has 9 heteroatoms. The number of anilines is 1. The Bertz CT molecular complexity index is 1210. The number of ether oxygens (including phenoxy) is 1. The van der Waals surface area contributed by atoms with Crippen molar-refractivity contribution in [3.63, 3.8) is 0 Å². The van der Waals surface area contributed by atoms with Gasteiger partial charge in [0.15, 0.2) is 0 Å². The monoisotopic (exact) mass is 394 g/mol. The van der Waals surface area contributed by atoms with Crippen molar-refractivity contribution in [3.05, 3.63) is 58.9 Å². The predicted octanol–water partition coefficient (Wildman–Crippen LogP) is 4.12. The van der Waals surface area contributed by atoms with Crippen LogP contribution >= 0.6 is 0 Å². The van der Waals surface area contributed by atoms with Gasteiger partial charge in [-0.15, -0.1) is 0 Å². The molecule has 2 heterocycles. The Morgan fingerprint density at radius 2 is 2.10 bits per heavy atom. The third kappa shape index (κ3) is 3.75. The summed E-state index contributed by atoms with van der Waals surface area (Å²) in [4.78, 5) is 22.5. The molecule has 1 amide bonds. The lowest BCUT2D eigenvalue weighted by Gasteiger charge is -2.10. The van der Waals surface area contributed by atoms with Gasteiger partial charge in [0.2, 0.25) is 5.91 Å². The van der Waals surface area contributed by atoms with Gasteiger partial charge in [-0.3, -0.25) is 19.6 Å². The first-order chi connectivity index (χ1) is 14.0. The fourth-order valence-electron chi connectivity index (χ4n) is 3.20. The van der Waals surface area contributed by atoms with E-state index in [1.54, 1.807) is 13.2 Å². The van der Waals surface area contributed by atoms with E-state index in [1.807, 2.05) is 30.3 Å². The largest absolute Gasteiger partial charge is 0.495 e. The molecule has 29 heavy (non-hydrogen) atoms. The Labute approximate surface area is 165 Å². The first-order valence-electron chi connectivity index (χ1n) is 9.01. The lowest BCUT2D eigenvalue weighted by molar-refractivity contribution is -0.385. The van der Waals surface area contributed by atoms with Crippen LogP contribution in [0.4, 0.5) is 11.4 Å². The molecule has 0 aliphatic carbocycles. The third-order valence-electron chi connectivity index (χ3n) is 4.59. The molecular weight excluding hydrogens is 376 g/mol. The molecule has 1 N–H and O–H groups in total. The van der Waals surface area contributed by atoms with Gasteiger partial charge >= 0.3 is 5.69 Å². The summed E-state index contributed by atoms with van der Waals surface area (Å²) in [6.45, 7) is 0.404. The Hall–Kier alpha value is -3.88. The predicted molar refractivity (Wildman–Crippen MR) is 107 cm³/mol. The van der Waals surface area contributed by atoms with E-state index >= 15 is 0 Å². The van der Waals surface area contributed by atoms with E-state index in [0.717, 1.165) is 16.4 Å². The number of fused-ring (bicyclic) bond motifs is 3. The molecule has 2 aromatic carbocycles. The molecule has 0 radical (unpaired) electrons. The summed E-state index contributed by atoms with van der Waals surface area (Å²) in [5, 5.41) is 19.3. The van der Waals surface area contributed by atoms with E-state index in [2.05, 4.69) is 10.4 Å². The van der Waals surface area contributed by atoms with Crippen molar-refractivity contribution in [2.24, 2.45) is 0 Å². The number of rotatable bonds is 7. The van der Waals surface area contributed by atoms with Gasteiger partial charge in [0.05, 0.1) is 17.7 Å². The summed E-state index contributed by atoms with van der Waals surface area (Å²) < 4.78 is 12.7. The first kappa shape index (κ1) is 18.5. The van der Waals surface area contributed by atoms with Gasteiger partial charge in [-0.05, 0) is 18.6 Å². The minimum Gasteiger partial charge on any atom is -0.495 e. The summed E-state index contributed by atoms with van der Waals surface area (Å²) in [6.07, 6.45) is 3.25. The molecule has 0 saturated carbocycles. The SMILES string of the molecule is COc1cc2c(cc1NC(=O)CCCn1cc([N+](=O)[O-])cn1)oc1ccccc12. The van der Waals surface area contributed by atoms with Crippen LogP contribution in [0.3, 0.4) is 0 Å². The quantitative estimate of drug-likeness (QED) is 0.373. The number of carbonyl (C=O) groups is 1. The maximum absolute atomic E-state index is 12.4. The van der Waals surface area contributed by atoms with Crippen LogP contribution in [0.1, 0.15) is 12.8 Å². The molecule has 0 fully saturated rings. The molecule has 0 atom stereocenters. The van der Waals surface area contributed by atoms with Crippen LogP contribution < -0.4 is 10.1 Å². The smallest absolute Gasteiger partial charge is 0.306 e. The Morgan fingerprint density at radius 3 is 2.86 bits per heavy atom. The number of carbonyl (C=O) groups excluding carboxylic acids is 1. The van der Waals surface area contributed by atoms with Gasteiger partial charge in [-0.25, -0.2) is 0 Å². The van der Waals surface area contributed by atoms with Gasteiger partial charge in [0.25, 0.3) is 0 Å². The van der Waals surface area contributed by atoms with Gasteiger partial charge < -0.3 is 14.5 Å². The lowest BCUT2D eigenvalue weighted by atomic mass is 10.1. The van der Waals surface area contributed by atoms with E-state index in [-0.39, 0.29) is 18.0 Å². The Morgan fingerprint density at radius 1 is 1.28 bits per heavy atom. The van der Waals surface area contributed by atoms with Crippen LogP contribution in [0, 0.1) is 10.1 Å². The van der Waals surface area contributed by atoms with Crippen molar-refractivity contribution >= 4 is 39.2 Å². The summed E-state index contributed by atoms with van der Waals surface area (Å²) in [6, 6.07) is 11.3. The zero-order chi connectivity index (χ0) is 20.4. The minimum absolute atomic E-state index is 0.0710. The second-order valence-electron chi connectivity index (χ2n) is 6.52. The van der Waals surface area contributed by atoms with Crippen LogP contribution in [-0.4, -0.2) is 27.7 Å². The van der Waals surface area contributed by atoms with E-state index in [4.69, 9.17) is 9.15 Å². The molecule has 0 aliphatic rings. The number of para-hydroxylation sites is 1. The summed E-state index contributed by atoms with van der Waals surface area (Å²) in [5.74, 6) is 0.348. The highest BCUT2D eigenvalue weighted by Gasteiger charge is 2.14. The highest BCUT2D eigenvalue weighted by Crippen LogP contribution is 2.36. The fraction of sp³-hybridized carbons (Fsp3) is 0.200. The number of benzene rings is 2. The second-order valence-corrected chi connectivity index (χ2v) is 6.52. The molecule has 2 aromatic heterocycles. The molecule has 148 valence electrons. The number of furan rings is 1. The standard InChI is InChI=1S/C20H18N4O5/c1-28-19-9-15-14-5-2-3-6-17(14)29-18(15)10-16(19)22-20(25)7-4-8-23-12-13(11-21-23)24(26)27/h2-3,5-6,9-12H,4,7-8H2,1H3,(H,22,25). The molecular formula is C20H18N4O5. The van der Waals surface area contributed by atoms with Crippen LogP contribution in [0.25, 0.3) is 21.9 Å². The van der Waals surface area contributed by atoms with Gasteiger partial charge in [-0.1, -0.05) is 18.2 Å². The van der Waals surface area contributed by atoms with E-state index in [1.165, 1.54) is 17.1 Å². The molecule has 0 spiro atoms. The number of aromatic nitrogens is 2. The van der Waals surface area contributed by atoms with Crippen LogP contribution in [-0.2, 0) is 11.3 Å². The normalized spacial score (nSPS) is 11.1. The number of methoxy groups -OCH3 is 1. The average molecular weight is 394 g/mol. The number of hydrogen-bond donors (Lipinski definition) is 1. The summed E-state index contributed by atoms with van der Waals surface area (Å²) in [5.41, 5.74) is 1.88. The number of hydrogen-bond acceptors (Lipinski definition) is 6. The molecule has 0 saturated heterocycles. The number of nitrogens with zero attached hydrogens (tertiary/aromatic N) is 3. The van der Waals surface area contributed by atoms with Crippen LogP contribution in [0.5, 0.6) is 5.75 Å². The fourth-order valence-corrected chi connectivity index (χ4v) is 3.20. The first-order valence-corrected chi connectivity index (χ1v) is 9.01. The van der Waals surface area contributed by atoms with Crippen LogP contribution in [0.15, 0.2) is 53.2 Å². The summed E-state index contributed by atoms with van der Waals surface area (Å²) >= 11 is 0.